The molecule has 1 fully saturated rings. The van der Waals surface area contributed by atoms with Gasteiger partial charge in [-0.25, -0.2) is 4.39 Å². The summed E-state index contributed by atoms with van der Waals surface area (Å²) < 4.78 is 13.2. The maximum absolute atomic E-state index is 13.2. The summed E-state index contributed by atoms with van der Waals surface area (Å²) in [5.41, 5.74) is 0.629. The van der Waals surface area contributed by atoms with Gasteiger partial charge in [0.25, 0.3) is 0 Å². The van der Waals surface area contributed by atoms with Gasteiger partial charge in [0.15, 0.2) is 0 Å². The molecule has 1 atom stereocenters. The molecule has 1 aliphatic heterocycles. The third-order valence-electron chi connectivity index (χ3n) is 2.48. The van der Waals surface area contributed by atoms with Crippen LogP contribution in [0.2, 0.25) is 0 Å². The predicted octanol–water partition coefficient (Wildman–Crippen LogP) is 2.99. The first-order valence-corrected chi connectivity index (χ1v) is 6.08. The van der Waals surface area contributed by atoms with E-state index in [2.05, 4.69) is 5.32 Å². The second-order valence-electron chi connectivity index (χ2n) is 3.59. The van der Waals surface area contributed by atoms with Gasteiger partial charge in [-0.3, -0.25) is 0 Å². The third kappa shape index (κ3) is 2.41. The van der Waals surface area contributed by atoms with Gasteiger partial charge < -0.3 is 5.32 Å². The van der Waals surface area contributed by atoms with Crippen LogP contribution in [0.1, 0.15) is 6.42 Å². The highest BCUT2D eigenvalue weighted by Crippen LogP contribution is 2.24. The van der Waals surface area contributed by atoms with Crippen molar-refractivity contribution in [2.45, 2.75) is 6.42 Å². The van der Waals surface area contributed by atoms with Crippen molar-refractivity contribution in [3.63, 3.8) is 0 Å². The van der Waals surface area contributed by atoms with Crippen LogP contribution in [0.5, 0.6) is 0 Å². The Hall–Kier alpha value is -0.700. The molecule has 0 amide bonds. The van der Waals surface area contributed by atoms with Crippen molar-refractivity contribution < 1.29 is 4.39 Å². The van der Waals surface area contributed by atoms with E-state index < -0.39 is 0 Å². The Morgan fingerprint density at radius 2 is 2.29 bits per heavy atom. The minimum atomic E-state index is -0.154. The number of hydrogen-bond acceptors (Lipinski definition) is 2. The molecular formula is C11H14FNS. The van der Waals surface area contributed by atoms with Crippen LogP contribution in [0.25, 0.3) is 0 Å². The van der Waals surface area contributed by atoms with Crippen molar-refractivity contribution >= 4 is 17.4 Å². The number of halogens is 1. The van der Waals surface area contributed by atoms with Gasteiger partial charge in [0.05, 0.1) is 5.69 Å². The molecule has 0 radical (unpaired) electrons. The molecule has 1 saturated heterocycles. The van der Waals surface area contributed by atoms with E-state index in [0.29, 0.717) is 11.6 Å². The molecule has 1 nitrogen and oxygen atoms in total. The van der Waals surface area contributed by atoms with Gasteiger partial charge >= 0.3 is 0 Å². The predicted molar refractivity (Wildman–Crippen MR) is 60.3 cm³/mol. The molecule has 1 heterocycles. The van der Waals surface area contributed by atoms with Gasteiger partial charge in [-0.1, -0.05) is 12.1 Å². The number of benzene rings is 1. The zero-order chi connectivity index (χ0) is 9.80. The second-order valence-corrected chi connectivity index (χ2v) is 4.74. The van der Waals surface area contributed by atoms with Crippen LogP contribution < -0.4 is 5.32 Å². The molecule has 1 aliphatic rings. The molecule has 3 heteroatoms. The van der Waals surface area contributed by atoms with Crippen molar-refractivity contribution in [1.29, 1.82) is 0 Å². The molecule has 0 aromatic heterocycles. The number of para-hydroxylation sites is 1. The lowest BCUT2D eigenvalue weighted by molar-refractivity contribution is 0.611. The Balaban J connectivity index is 1.88. The van der Waals surface area contributed by atoms with Gasteiger partial charge in [0.2, 0.25) is 0 Å². The quantitative estimate of drug-likeness (QED) is 0.825. The topological polar surface area (TPSA) is 12.0 Å². The maximum Gasteiger partial charge on any atom is 0.146 e. The summed E-state index contributed by atoms with van der Waals surface area (Å²) in [4.78, 5) is 0. The Kier molecular flexibility index (Phi) is 3.30. The molecular weight excluding hydrogens is 197 g/mol. The van der Waals surface area contributed by atoms with E-state index in [-0.39, 0.29) is 5.82 Å². The summed E-state index contributed by atoms with van der Waals surface area (Å²) in [5, 5.41) is 3.17. The lowest BCUT2D eigenvalue weighted by atomic mass is 10.1. The molecule has 14 heavy (non-hydrogen) atoms. The summed E-state index contributed by atoms with van der Waals surface area (Å²) in [6, 6.07) is 6.85. The van der Waals surface area contributed by atoms with E-state index >= 15 is 0 Å². The van der Waals surface area contributed by atoms with Crippen LogP contribution in [0, 0.1) is 11.7 Å². The average molecular weight is 211 g/mol. The number of hydrogen-bond donors (Lipinski definition) is 1. The maximum atomic E-state index is 13.2. The summed E-state index contributed by atoms with van der Waals surface area (Å²) in [6.07, 6.45) is 1.26. The molecule has 0 spiro atoms. The minimum Gasteiger partial charge on any atom is -0.382 e. The van der Waals surface area contributed by atoms with Gasteiger partial charge in [0.1, 0.15) is 5.82 Å². The number of nitrogens with one attached hydrogen (secondary N) is 1. The van der Waals surface area contributed by atoms with Crippen LogP contribution >= 0.6 is 11.8 Å². The van der Waals surface area contributed by atoms with Crippen LogP contribution in [-0.4, -0.2) is 18.1 Å². The van der Waals surface area contributed by atoms with E-state index in [1.165, 1.54) is 24.0 Å². The average Bonchev–Trinajstić information content (AvgIpc) is 2.69. The van der Waals surface area contributed by atoms with Gasteiger partial charge in [-0.15, -0.1) is 0 Å². The zero-order valence-corrected chi connectivity index (χ0v) is 8.82. The third-order valence-corrected chi connectivity index (χ3v) is 3.71. The Labute approximate surface area is 88.1 Å². The smallest absolute Gasteiger partial charge is 0.146 e. The summed E-state index contributed by atoms with van der Waals surface area (Å²) in [7, 11) is 0. The molecule has 1 N–H and O–H groups in total. The highest BCUT2D eigenvalue weighted by atomic mass is 32.2. The van der Waals surface area contributed by atoms with E-state index in [0.717, 1.165) is 6.54 Å². The zero-order valence-electron chi connectivity index (χ0n) is 8.00. The first-order chi connectivity index (χ1) is 6.86. The van der Waals surface area contributed by atoms with E-state index in [9.17, 15) is 4.39 Å². The molecule has 0 saturated carbocycles. The normalized spacial score (nSPS) is 21.1. The fourth-order valence-electron chi connectivity index (χ4n) is 1.60. The van der Waals surface area contributed by atoms with Crippen LogP contribution in [0.4, 0.5) is 10.1 Å². The summed E-state index contributed by atoms with van der Waals surface area (Å²) >= 11 is 1.99. The monoisotopic (exact) mass is 211 g/mol. The Morgan fingerprint density at radius 1 is 1.43 bits per heavy atom. The fraction of sp³-hybridized carbons (Fsp3) is 0.455. The van der Waals surface area contributed by atoms with Crippen molar-refractivity contribution in [1.82, 2.24) is 0 Å². The molecule has 76 valence electrons. The fourth-order valence-corrected chi connectivity index (χ4v) is 2.89. The SMILES string of the molecule is Fc1ccccc1NCC1CCSC1. The molecule has 1 unspecified atom stereocenters. The second kappa shape index (κ2) is 4.69. The number of thioether (sulfide) groups is 1. The van der Waals surface area contributed by atoms with Crippen molar-refractivity contribution in [2.75, 3.05) is 23.4 Å². The van der Waals surface area contributed by atoms with Crippen LogP contribution in [0.15, 0.2) is 24.3 Å². The Morgan fingerprint density at radius 3 is 3.00 bits per heavy atom. The van der Waals surface area contributed by atoms with E-state index in [4.69, 9.17) is 0 Å². The highest BCUT2D eigenvalue weighted by Gasteiger charge is 2.15. The minimum absolute atomic E-state index is 0.154. The first kappa shape index (κ1) is 9.84. The van der Waals surface area contributed by atoms with Gasteiger partial charge in [-0.2, -0.15) is 11.8 Å². The summed E-state index contributed by atoms with van der Waals surface area (Å²) in [6.45, 7) is 0.897. The number of anilines is 1. The van der Waals surface area contributed by atoms with E-state index in [1.807, 2.05) is 17.8 Å². The Bertz CT molecular complexity index is 297. The molecule has 2 rings (SSSR count). The first-order valence-electron chi connectivity index (χ1n) is 4.92. The van der Waals surface area contributed by atoms with Crippen molar-refractivity contribution in [3.8, 4) is 0 Å². The van der Waals surface area contributed by atoms with Crippen molar-refractivity contribution in [2.24, 2.45) is 5.92 Å². The van der Waals surface area contributed by atoms with Gasteiger partial charge in [-0.05, 0) is 36.0 Å². The van der Waals surface area contributed by atoms with Crippen molar-refractivity contribution in [3.05, 3.63) is 30.1 Å². The molecule has 1 aromatic rings. The standard InChI is InChI=1S/C11H14FNS/c12-10-3-1-2-4-11(10)13-7-9-5-6-14-8-9/h1-4,9,13H,5-8H2. The van der Waals surface area contributed by atoms with E-state index in [1.54, 1.807) is 12.1 Å². The lowest BCUT2D eigenvalue weighted by Crippen LogP contribution is -2.14. The molecule has 1 aromatic carbocycles. The van der Waals surface area contributed by atoms with Crippen LogP contribution in [0.3, 0.4) is 0 Å². The number of rotatable bonds is 3. The highest BCUT2D eigenvalue weighted by molar-refractivity contribution is 7.99. The van der Waals surface area contributed by atoms with Crippen LogP contribution in [-0.2, 0) is 0 Å². The summed E-state index contributed by atoms with van der Waals surface area (Å²) in [5.74, 6) is 3.02. The largest absolute Gasteiger partial charge is 0.382 e. The molecule has 0 aliphatic carbocycles. The lowest BCUT2D eigenvalue weighted by Gasteiger charge is -2.11. The van der Waals surface area contributed by atoms with Gasteiger partial charge in [0, 0.05) is 6.54 Å². The molecule has 0 bridgehead atoms.